The van der Waals surface area contributed by atoms with Crippen LogP contribution in [0.2, 0.25) is 0 Å². The smallest absolute Gasteiger partial charge is 0.225 e. The number of nitrogens with two attached hydrogens (primary N) is 1. The van der Waals surface area contributed by atoms with Crippen LogP contribution in [0.4, 0.5) is 0 Å². The van der Waals surface area contributed by atoms with Crippen LogP contribution in [0.1, 0.15) is 72.1 Å². The van der Waals surface area contributed by atoms with Crippen LogP contribution in [0.5, 0.6) is 0 Å². The van der Waals surface area contributed by atoms with E-state index in [-0.39, 0.29) is 12.0 Å². The van der Waals surface area contributed by atoms with Gasteiger partial charge in [0.2, 0.25) is 5.91 Å². The van der Waals surface area contributed by atoms with Gasteiger partial charge < -0.3 is 10.6 Å². The van der Waals surface area contributed by atoms with E-state index >= 15 is 0 Å². The summed E-state index contributed by atoms with van der Waals surface area (Å²) in [6, 6.07) is 0.723. The molecule has 2 unspecified atom stereocenters. The summed E-state index contributed by atoms with van der Waals surface area (Å²) in [4.78, 5) is 14.5. The highest BCUT2D eigenvalue weighted by Crippen LogP contribution is 2.29. The van der Waals surface area contributed by atoms with Crippen molar-refractivity contribution in [3.05, 3.63) is 0 Å². The van der Waals surface area contributed by atoms with Gasteiger partial charge in [0, 0.05) is 25.0 Å². The van der Waals surface area contributed by atoms with Crippen LogP contribution in [0.3, 0.4) is 0 Å². The predicted octanol–water partition coefficient (Wildman–Crippen LogP) is 3.57. The van der Waals surface area contributed by atoms with E-state index in [0.717, 1.165) is 25.2 Å². The third kappa shape index (κ3) is 5.43. The van der Waals surface area contributed by atoms with E-state index in [1.807, 2.05) is 18.9 Å². The Hall–Kier alpha value is -0.570. The van der Waals surface area contributed by atoms with Crippen molar-refractivity contribution in [1.29, 1.82) is 0 Å². The summed E-state index contributed by atoms with van der Waals surface area (Å²) in [6.45, 7) is 6.38. The second kappa shape index (κ2) is 8.66. The Balaban J connectivity index is 2.34. The Morgan fingerprint density at radius 1 is 1.20 bits per heavy atom. The molecule has 0 radical (unpaired) electrons. The quantitative estimate of drug-likeness (QED) is 0.776. The van der Waals surface area contributed by atoms with Gasteiger partial charge in [-0.1, -0.05) is 26.7 Å². The van der Waals surface area contributed by atoms with Gasteiger partial charge in [-0.15, -0.1) is 0 Å². The van der Waals surface area contributed by atoms with E-state index in [0.29, 0.717) is 11.9 Å². The zero-order valence-corrected chi connectivity index (χ0v) is 13.9. The fourth-order valence-corrected chi connectivity index (χ4v) is 3.34. The van der Waals surface area contributed by atoms with Gasteiger partial charge >= 0.3 is 0 Å². The third-order valence-electron chi connectivity index (χ3n) is 5.01. The Kier molecular flexibility index (Phi) is 7.57. The number of carbonyl (C=O) groups is 1. The zero-order chi connectivity index (χ0) is 15.1. The fraction of sp³-hybridized carbons (Fsp3) is 0.941. The molecule has 118 valence electrons. The molecule has 0 aromatic heterocycles. The van der Waals surface area contributed by atoms with Gasteiger partial charge in [-0.3, -0.25) is 4.79 Å². The number of carbonyl (C=O) groups excluding carboxylic acids is 1. The molecule has 0 aromatic rings. The molecular formula is C17H34N2O. The number of hydrogen-bond donors (Lipinski definition) is 1. The molecule has 2 N–H and O–H groups in total. The van der Waals surface area contributed by atoms with E-state index in [1.54, 1.807) is 0 Å². The number of hydrogen-bond acceptors (Lipinski definition) is 2. The van der Waals surface area contributed by atoms with Crippen molar-refractivity contribution in [2.75, 3.05) is 7.05 Å². The number of rotatable bonds is 7. The second-order valence-corrected chi connectivity index (χ2v) is 6.84. The maximum atomic E-state index is 12.5. The molecule has 1 saturated carbocycles. The SMILES string of the molecule is CCC1CCC(N(C)C(=O)C(C)CCCC(C)N)CC1. The van der Waals surface area contributed by atoms with Gasteiger partial charge in [-0.2, -0.15) is 0 Å². The van der Waals surface area contributed by atoms with Crippen LogP contribution >= 0.6 is 0 Å². The average molecular weight is 282 g/mol. The molecular weight excluding hydrogens is 248 g/mol. The fourth-order valence-electron chi connectivity index (χ4n) is 3.34. The van der Waals surface area contributed by atoms with Gasteiger partial charge in [-0.05, 0) is 51.4 Å². The highest BCUT2D eigenvalue weighted by atomic mass is 16.2. The topological polar surface area (TPSA) is 46.3 Å². The van der Waals surface area contributed by atoms with Gasteiger partial charge in [0.05, 0.1) is 0 Å². The average Bonchev–Trinajstić information content (AvgIpc) is 2.45. The first-order valence-corrected chi connectivity index (χ1v) is 8.47. The van der Waals surface area contributed by atoms with Crippen LogP contribution in [-0.2, 0) is 4.79 Å². The standard InChI is InChI=1S/C17H34N2O/c1-5-15-9-11-16(12-10-15)19(4)17(20)13(2)7-6-8-14(3)18/h13-16H,5-12,18H2,1-4H3. The van der Waals surface area contributed by atoms with Crippen molar-refractivity contribution < 1.29 is 4.79 Å². The lowest BCUT2D eigenvalue weighted by Crippen LogP contribution is -2.42. The molecule has 0 aliphatic heterocycles. The summed E-state index contributed by atoms with van der Waals surface area (Å²) in [7, 11) is 2.00. The molecule has 1 fully saturated rings. The van der Waals surface area contributed by atoms with E-state index < -0.39 is 0 Å². The van der Waals surface area contributed by atoms with Crippen LogP contribution < -0.4 is 5.73 Å². The van der Waals surface area contributed by atoms with E-state index in [4.69, 9.17) is 5.73 Å². The first-order chi connectivity index (χ1) is 9.45. The minimum Gasteiger partial charge on any atom is -0.343 e. The molecule has 1 rings (SSSR count). The summed E-state index contributed by atoms with van der Waals surface area (Å²) in [5.74, 6) is 1.36. The van der Waals surface area contributed by atoms with Gasteiger partial charge in [0.15, 0.2) is 0 Å². The van der Waals surface area contributed by atoms with Gasteiger partial charge in [0.25, 0.3) is 0 Å². The zero-order valence-electron chi connectivity index (χ0n) is 13.9. The molecule has 1 aliphatic carbocycles. The van der Waals surface area contributed by atoms with Crippen molar-refractivity contribution >= 4 is 5.91 Å². The summed E-state index contributed by atoms with van der Waals surface area (Å²) >= 11 is 0. The predicted molar refractivity (Wildman–Crippen MR) is 85.5 cm³/mol. The molecule has 0 saturated heterocycles. The third-order valence-corrected chi connectivity index (χ3v) is 5.01. The van der Waals surface area contributed by atoms with Gasteiger partial charge in [0.1, 0.15) is 0 Å². The maximum absolute atomic E-state index is 12.5. The lowest BCUT2D eigenvalue weighted by atomic mass is 9.83. The second-order valence-electron chi connectivity index (χ2n) is 6.84. The lowest BCUT2D eigenvalue weighted by molar-refractivity contribution is -0.136. The van der Waals surface area contributed by atoms with Crippen molar-refractivity contribution in [3.63, 3.8) is 0 Å². The molecule has 3 nitrogen and oxygen atoms in total. The molecule has 0 spiro atoms. The first kappa shape index (κ1) is 17.5. The normalized spacial score (nSPS) is 26.1. The minimum atomic E-state index is 0.141. The highest BCUT2D eigenvalue weighted by Gasteiger charge is 2.27. The Morgan fingerprint density at radius 3 is 2.30 bits per heavy atom. The summed E-state index contributed by atoms with van der Waals surface area (Å²) in [5.41, 5.74) is 5.76. The van der Waals surface area contributed by atoms with Crippen molar-refractivity contribution in [1.82, 2.24) is 4.90 Å². The van der Waals surface area contributed by atoms with E-state index in [9.17, 15) is 4.79 Å². The monoisotopic (exact) mass is 282 g/mol. The maximum Gasteiger partial charge on any atom is 0.225 e. The molecule has 2 atom stereocenters. The summed E-state index contributed by atoms with van der Waals surface area (Å²) in [5, 5.41) is 0. The first-order valence-electron chi connectivity index (χ1n) is 8.47. The Bertz CT molecular complexity index is 283. The number of amides is 1. The van der Waals surface area contributed by atoms with Crippen molar-refractivity contribution in [2.45, 2.75) is 84.2 Å². The minimum absolute atomic E-state index is 0.141. The molecule has 0 aromatic carbocycles. The molecule has 1 aliphatic rings. The molecule has 0 heterocycles. The van der Waals surface area contributed by atoms with Gasteiger partial charge in [-0.25, -0.2) is 0 Å². The molecule has 20 heavy (non-hydrogen) atoms. The number of nitrogens with zero attached hydrogens (tertiary/aromatic N) is 1. The van der Waals surface area contributed by atoms with Crippen molar-refractivity contribution in [2.24, 2.45) is 17.6 Å². The van der Waals surface area contributed by atoms with Crippen molar-refractivity contribution in [3.8, 4) is 0 Å². The van der Waals surface area contributed by atoms with Crippen LogP contribution in [0.15, 0.2) is 0 Å². The van der Waals surface area contributed by atoms with Crippen LogP contribution in [0, 0.1) is 11.8 Å². The Morgan fingerprint density at radius 2 is 1.80 bits per heavy atom. The largest absolute Gasteiger partial charge is 0.343 e. The van der Waals surface area contributed by atoms with E-state index in [1.165, 1.54) is 32.1 Å². The lowest BCUT2D eigenvalue weighted by Gasteiger charge is -2.35. The molecule has 1 amide bonds. The summed E-state index contributed by atoms with van der Waals surface area (Å²) in [6.07, 6.45) is 9.29. The van der Waals surface area contributed by atoms with Crippen LogP contribution in [-0.4, -0.2) is 29.9 Å². The Labute approximate surface area is 125 Å². The molecule has 3 heteroatoms. The van der Waals surface area contributed by atoms with Crippen LogP contribution in [0.25, 0.3) is 0 Å². The highest BCUT2D eigenvalue weighted by molar-refractivity contribution is 5.78. The van der Waals surface area contributed by atoms with E-state index in [2.05, 4.69) is 13.8 Å². The molecule has 0 bridgehead atoms. The summed E-state index contributed by atoms with van der Waals surface area (Å²) < 4.78 is 0.